The Morgan fingerprint density at radius 3 is 2.91 bits per heavy atom. The van der Waals surface area contributed by atoms with Crippen LogP contribution in [0.2, 0.25) is 0 Å². The summed E-state index contributed by atoms with van der Waals surface area (Å²) in [4.78, 5) is 0. The predicted molar refractivity (Wildman–Crippen MR) is 47.2 cm³/mol. The van der Waals surface area contributed by atoms with Gasteiger partial charge in [0.15, 0.2) is 0 Å². The van der Waals surface area contributed by atoms with E-state index in [1.165, 1.54) is 38.5 Å². The third-order valence-electron chi connectivity index (χ3n) is 2.54. The fraction of sp³-hybridized carbons (Fsp3) is 0.900. The molecule has 1 aliphatic carbocycles. The Kier molecular flexibility index (Phi) is 4.60. The number of hydrogen-bond donors (Lipinski definition) is 1. The van der Waals surface area contributed by atoms with Crippen LogP contribution in [-0.4, -0.2) is 11.7 Å². The van der Waals surface area contributed by atoms with Crippen molar-refractivity contribution in [2.24, 2.45) is 5.92 Å². The van der Waals surface area contributed by atoms with Crippen molar-refractivity contribution in [2.45, 2.75) is 44.9 Å². The molecule has 0 heterocycles. The topological polar surface area (TPSA) is 20.2 Å². The minimum atomic E-state index is 0.371. The van der Waals surface area contributed by atoms with Gasteiger partial charge in [-0.15, -0.1) is 0 Å². The molecule has 1 rings (SSSR count). The molecular formula is C10H19O. The average Bonchev–Trinajstić information content (AvgIpc) is 2.07. The summed E-state index contributed by atoms with van der Waals surface area (Å²) in [6, 6.07) is 0. The van der Waals surface area contributed by atoms with Crippen LogP contribution < -0.4 is 0 Å². The Hall–Kier alpha value is -0.0400. The van der Waals surface area contributed by atoms with E-state index in [9.17, 15) is 0 Å². The van der Waals surface area contributed by atoms with Crippen LogP contribution in [0.25, 0.3) is 0 Å². The van der Waals surface area contributed by atoms with Crippen molar-refractivity contribution in [3.8, 4) is 0 Å². The van der Waals surface area contributed by atoms with Crippen molar-refractivity contribution in [1.82, 2.24) is 0 Å². The van der Waals surface area contributed by atoms with Gasteiger partial charge in [0, 0.05) is 6.61 Å². The van der Waals surface area contributed by atoms with Crippen molar-refractivity contribution in [1.29, 1.82) is 0 Å². The van der Waals surface area contributed by atoms with Crippen LogP contribution in [0.3, 0.4) is 0 Å². The molecule has 0 bridgehead atoms. The molecule has 0 aromatic rings. The largest absolute Gasteiger partial charge is 0.396 e. The SMILES string of the molecule is OCCCCC1C[CH]CCC1. The predicted octanol–water partition coefficient (Wildman–Crippen LogP) is 2.54. The fourth-order valence-electron chi connectivity index (χ4n) is 1.83. The zero-order valence-electron chi connectivity index (χ0n) is 7.26. The fourth-order valence-corrected chi connectivity index (χ4v) is 1.83. The van der Waals surface area contributed by atoms with Gasteiger partial charge in [-0.05, 0) is 25.2 Å². The second kappa shape index (κ2) is 5.59. The van der Waals surface area contributed by atoms with Crippen molar-refractivity contribution < 1.29 is 5.11 Å². The van der Waals surface area contributed by atoms with Gasteiger partial charge in [0.1, 0.15) is 0 Å². The molecule has 0 aromatic heterocycles. The zero-order valence-corrected chi connectivity index (χ0v) is 7.26. The first-order valence-corrected chi connectivity index (χ1v) is 4.86. The van der Waals surface area contributed by atoms with Crippen molar-refractivity contribution in [3.05, 3.63) is 6.42 Å². The van der Waals surface area contributed by atoms with E-state index >= 15 is 0 Å². The molecule has 1 nitrogen and oxygen atoms in total. The third kappa shape index (κ3) is 3.76. The highest BCUT2D eigenvalue weighted by Gasteiger charge is 2.12. The van der Waals surface area contributed by atoms with E-state index in [0.29, 0.717) is 6.61 Å². The normalized spacial score (nSPS) is 20.5. The summed E-state index contributed by atoms with van der Waals surface area (Å²) in [5.74, 6) is 0.940. The molecule has 1 fully saturated rings. The lowest BCUT2D eigenvalue weighted by atomic mass is 9.86. The van der Waals surface area contributed by atoms with Gasteiger partial charge in [0.2, 0.25) is 0 Å². The van der Waals surface area contributed by atoms with E-state index in [4.69, 9.17) is 5.11 Å². The van der Waals surface area contributed by atoms with E-state index in [-0.39, 0.29) is 0 Å². The van der Waals surface area contributed by atoms with Crippen LogP contribution in [0.1, 0.15) is 44.9 Å². The quantitative estimate of drug-likeness (QED) is 0.618. The van der Waals surface area contributed by atoms with E-state index in [1.54, 1.807) is 0 Å². The number of rotatable bonds is 4. The second-order valence-corrected chi connectivity index (χ2v) is 3.54. The van der Waals surface area contributed by atoms with Crippen LogP contribution in [-0.2, 0) is 0 Å². The van der Waals surface area contributed by atoms with Crippen molar-refractivity contribution in [3.63, 3.8) is 0 Å². The summed E-state index contributed by atoms with van der Waals surface area (Å²) in [6.07, 6.45) is 11.4. The first-order valence-electron chi connectivity index (χ1n) is 4.86. The van der Waals surface area contributed by atoms with Gasteiger partial charge in [-0.2, -0.15) is 0 Å². The average molecular weight is 155 g/mol. The van der Waals surface area contributed by atoms with E-state index in [0.717, 1.165) is 12.3 Å². The monoisotopic (exact) mass is 155 g/mol. The molecule has 0 aromatic carbocycles. The molecule has 1 radical (unpaired) electrons. The smallest absolute Gasteiger partial charge is 0.0431 e. The minimum absolute atomic E-state index is 0.371. The molecule has 1 unspecified atom stereocenters. The molecule has 0 spiro atoms. The Balaban J connectivity index is 1.96. The van der Waals surface area contributed by atoms with Crippen LogP contribution >= 0.6 is 0 Å². The maximum absolute atomic E-state index is 8.59. The van der Waals surface area contributed by atoms with Gasteiger partial charge >= 0.3 is 0 Å². The molecule has 11 heavy (non-hydrogen) atoms. The van der Waals surface area contributed by atoms with Crippen LogP contribution in [0.5, 0.6) is 0 Å². The van der Waals surface area contributed by atoms with Crippen LogP contribution in [0, 0.1) is 12.3 Å². The molecule has 1 aliphatic rings. The molecule has 0 aliphatic heterocycles. The van der Waals surface area contributed by atoms with Gasteiger partial charge in [0.25, 0.3) is 0 Å². The van der Waals surface area contributed by atoms with Gasteiger partial charge in [0.05, 0.1) is 0 Å². The maximum Gasteiger partial charge on any atom is 0.0431 e. The summed E-state index contributed by atoms with van der Waals surface area (Å²) in [5, 5.41) is 8.59. The molecule has 1 atom stereocenters. The van der Waals surface area contributed by atoms with Gasteiger partial charge < -0.3 is 5.11 Å². The highest BCUT2D eigenvalue weighted by molar-refractivity contribution is 4.77. The summed E-state index contributed by atoms with van der Waals surface area (Å²) in [5.41, 5.74) is 0. The highest BCUT2D eigenvalue weighted by atomic mass is 16.2. The number of hydrogen-bond acceptors (Lipinski definition) is 1. The Bertz CT molecular complexity index is 84.9. The zero-order chi connectivity index (χ0) is 7.94. The summed E-state index contributed by atoms with van der Waals surface area (Å²) >= 11 is 0. The maximum atomic E-state index is 8.59. The molecule has 1 saturated carbocycles. The molecule has 65 valence electrons. The molecule has 0 amide bonds. The standard InChI is InChI=1S/C10H19O/c11-9-5-4-8-10-6-2-1-3-7-10/h2,10-11H,1,3-9H2. The number of unbranched alkanes of at least 4 members (excludes halogenated alkanes) is 1. The highest BCUT2D eigenvalue weighted by Crippen LogP contribution is 2.26. The molecule has 1 heteroatoms. The van der Waals surface area contributed by atoms with Gasteiger partial charge in [-0.1, -0.05) is 32.1 Å². The minimum Gasteiger partial charge on any atom is -0.396 e. The van der Waals surface area contributed by atoms with Gasteiger partial charge in [-0.25, -0.2) is 0 Å². The van der Waals surface area contributed by atoms with Crippen molar-refractivity contribution in [2.75, 3.05) is 6.61 Å². The van der Waals surface area contributed by atoms with E-state index in [2.05, 4.69) is 6.42 Å². The lowest BCUT2D eigenvalue weighted by molar-refractivity contribution is 0.273. The Morgan fingerprint density at radius 1 is 1.36 bits per heavy atom. The summed E-state index contributed by atoms with van der Waals surface area (Å²) in [7, 11) is 0. The summed E-state index contributed by atoms with van der Waals surface area (Å²) in [6.45, 7) is 0.371. The lowest BCUT2D eigenvalue weighted by Gasteiger charge is -2.20. The van der Waals surface area contributed by atoms with Crippen molar-refractivity contribution >= 4 is 0 Å². The Labute approximate surface area is 69.8 Å². The first kappa shape index (κ1) is 9.05. The molecule has 1 N–H and O–H groups in total. The third-order valence-corrected chi connectivity index (χ3v) is 2.54. The molecule has 0 saturated heterocycles. The Morgan fingerprint density at radius 2 is 2.27 bits per heavy atom. The summed E-state index contributed by atoms with van der Waals surface area (Å²) < 4.78 is 0. The van der Waals surface area contributed by atoms with E-state index in [1.807, 2.05) is 0 Å². The molecular weight excluding hydrogens is 136 g/mol. The van der Waals surface area contributed by atoms with E-state index < -0.39 is 0 Å². The second-order valence-electron chi connectivity index (χ2n) is 3.54. The number of aliphatic hydroxyl groups is 1. The lowest BCUT2D eigenvalue weighted by Crippen LogP contribution is -2.06. The van der Waals surface area contributed by atoms with Gasteiger partial charge in [-0.3, -0.25) is 0 Å². The van der Waals surface area contributed by atoms with Crippen LogP contribution in [0.4, 0.5) is 0 Å². The first-order chi connectivity index (χ1) is 5.43. The number of aliphatic hydroxyl groups excluding tert-OH is 1. The van der Waals surface area contributed by atoms with Crippen LogP contribution in [0.15, 0.2) is 0 Å².